The highest BCUT2D eigenvalue weighted by atomic mass is 32.1. The highest BCUT2D eigenvalue weighted by Gasteiger charge is 2.36. The minimum absolute atomic E-state index is 0.0310. The third-order valence-corrected chi connectivity index (χ3v) is 7.44. The lowest BCUT2D eigenvalue weighted by molar-refractivity contribution is -0.140. The van der Waals surface area contributed by atoms with Crippen molar-refractivity contribution in [1.29, 1.82) is 0 Å². The molecule has 1 saturated carbocycles. The van der Waals surface area contributed by atoms with Crippen LogP contribution >= 0.6 is 11.5 Å². The first kappa shape index (κ1) is 21.0. The molecule has 0 N–H and O–H groups in total. The van der Waals surface area contributed by atoms with Gasteiger partial charge in [0.05, 0.1) is 0 Å². The average Bonchev–Trinajstić information content (AvgIpc) is 3.26. The molecule has 0 bridgehead atoms. The molecule has 1 unspecified atom stereocenters. The SMILES string of the molecule is Cc1ccccc1CC(C1CCN(C(=O)c2csnn2)CC1)N(C)C(=O)C1CCC1. The van der Waals surface area contributed by atoms with Crippen LogP contribution in [0.2, 0.25) is 0 Å². The molecule has 0 radical (unpaired) electrons. The molecule has 30 heavy (non-hydrogen) atoms. The van der Waals surface area contributed by atoms with Crippen LogP contribution in [0.25, 0.3) is 0 Å². The minimum atomic E-state index is -0.0310. The van der Waals surface area contributed by atoms with Crippen LogP contribution < -0.4 is 0 Å². The fraction of sp³-hybridized carbons (Fsp3) is 0.565. The molecule has 1 aliphatic carbocycles. The number of amides is 2. The smallest absolute Gasteiger partial charge is 0.275 e. The van der Waals surface area contributed by atoms with Crippen LogP contribution in [0.15, 0.2) is 29.6 Å². The third kappa shape index (κ3) is 4.41. The largest absolute Gasteiger partial charge is 0.342 e. The molecule has 0 spiro atoms. The van der Waals surface area contributed by atoms with E-state index in [9.17, 15) is 9.59 Å². The fourth-order valence-electron chi connectivity index (χ4n) is 4.70. The molecule has 1 aromatic carbocycles. The first-order valence-corrected chi connectivity index (χ1v) is 11.8. The van der Waals surface area contributed by atoms with Crippen LogP contribution in [-0.2, 0) is 11.2 Å². The number of benzene rings is 1. The maximum absolute atomic E-state index is 13.1. The van der Waals surface area contributed by atoms with Crippen molar-refractivity contribution in [2.75, 3.05) is 20.1 Å². The summed E-state index contributed by atoms with van der Waals surface area (Å²) in [4.78, 5) is 29.6. The number of carbonyl (C=O) groups is 2. The Labute approximate surface area is 182 Å². The molecule has 4 rings (SSSR count). The fourth-order valence-corrected chi connectivity index (χ4v) is 5.13. The van der Waals surface area contributed by atoms with Gasteiger partial charge in [-0.2, -0.15) is 0 Å². The number of rotatable bonds is 6. The van der Waals surface area contributed by atoms with Gasteiger partial charge in [-0.15, -0.1) is 5.10 Å². The van der Waals surface area contributed by atoms with Gasteiger partial charge in [0.15, 0.2) is 5.69 Å². The quantitative estimate of drug-likeness (QED) is 0.708. The summed E-state index contributed by atoms with van der Waals surface area (Å²) < 4.78 is 3.81. The summed E-state index contributed by atoms with van der Waals surface area (Å²) in [5.74, 6) is 0.855. The Bertz CT molecular complexity index is 873. The van der Waals surface area contributed by atoms with Crippen LogP contribution in [-0.4, -0.2) is 57.4 Å². The second kappa shape index (κ2) is 9.25. The van der Waals surface area contributed by atoms with Gasteiger partial charge in [0, 0.05) is 37.5 Å². The molecule has 6 nitrogen and oxygen atoms in total. The highest BCUT2D eigenvalue weighted by Crippen LogP contribution is 2.32. The number of likely N-dealkylation sites (N-methyl/N-ethyl adjacent to an activating group) is 1. The van der Waals surface area contributed by atoms with Crippen molar-refractivity contribution in [3.8, 4) is 0 Å². The molecule has 2 aliphatic rings. The van der Waals surface area contributed by atoms with Gasteiger partial charge >= 0.3 is 0 Å². The van der Waals surface area contributed by atoms with Crippen molar-refractivity contribution in [2.24, 2.45) is 11.8 Å². The molecule has 2 heterocycles. The second-order valence-corrected chi connectivity index (χ2v) is 9.30. The zero-order valence-electron chi connectivity index (χ0n) is 17.8. The maximum Gasteiger partial charge on any atom is 0.275 e. The van der Waals surface area contributed by atoms with Crippen LogP contribution in [0.5, 0.6) is 0 Å². The Morgan fingerprint density at radius 3 is 2.53 bits per heavy atom. The Hall–Kier alpha value is -2.28. The van der Waals surface area contributed by atoms with E-state index in [4.69, 9.17) is 0 Å². The number of carbonyl (C=O) groups excluding carboxylic acids is 2. The predicted molar refractivity (Wildman–Crippen MR) is 117 cm³/mol. The number of piperidine rings is 1. The zero-order chi connectivity index (χ0) is 21.1. The Morgan fingerprint density at radius 1 is 1.20 bits per heavy atom. The van der Waals surface area contributed by atoms with Crippen molar-refractivity contribution in [3.63, 3.8) is 0 Å². The average molecular weight is 427 g/mol. The van der Waals surface area contributed by atoms with Crippen LogP contribution in [0, 0.1) is 18.8 Å². The molecule has 1 saturated heterocycles. The number of aromatic nitrogens is 2. The Kier molecular flexibility index (Phi) is 6.46. The third-order valence-electron chi connectivity index (χ3n) is 6.94. The molecular formula is C23H30N4O2S. The van der Waals surface area contributed by atoms with Crippen LogP contribution in [0.1, 0.15) is 53.7 Å². The molecule has 7 heteroatoms. The van der Waals surface area contributed by atoms with E-state index in [1.54, 1.807) is 5.38 Å². The van der Waals surface area contributed by atoms with Gasteiger partial charge < -0.3 is 9.80 Å². The standard InChI is InChI=1S/C23H30N4O2S/c1-16-6-3-4-7-19(16)14-21(26(2)22(28)18-8-5-9-18)17-10-12-27(13-11-17)23(29)20-15-30-25-24-20/h3-4,6-7,15,17-18,21H,5,8-14H2,1-2H3. The van der Waals surface area contributed by atoms with E-state index in [-0.39, 0.29) is 17.9 Å². The van der Waals surface area contributed by atoms with E-state index in [1.165, 1.54) is 29.1 Å². The van der Waals surface area contributed by atoms with E-state index in [0.29, 0.717) is 30.6 Å². The lowest BCUT2D eigenvalue weighted by atomic mass is 9.81. The first-order chi connectivity index (χ1) is 14.5. The number of aryl methyl sites for hydroxylation is 1. The highest BCUT2D eigenvalue weighted by molar-refractivity contribution is 7.03. The predicted octanol–water partition coefficient (Wildman–Crippen LogP) is 3.57. The van der Waals surface area contributed by atoms with Crippen molar-refractivity contribution in [1.82, 2.24) is 19.4 Å². The van der Waals surface area contributed by atoms with E-state index < -0.39 is 0 Å². The summed E-state index contributed by atoms with van der Waals surface area (Å²) in [7, 11) is 1.99. The Balaban J connectivity index is 1.47. The minimum Gasteiger partial charge on any atom is -0.342 e. The molecule has 1 atom stereocenters. The summed E-state index contributed by atoms with van der Waals surface area (Å²) >= 11 is 1.20. The monoisotopic (exact) mass is 426 g/mol. The lowest BCUT2D eigenvalue weighted by Crippen LogP contribution is -2.50. The Morgan fingerprint density at radius 2 is 1.93 bits per heavy atom. The maximum atomic E-state index is 13.1. The number of likely N-dealkylation sites (tertiary alicyclic amines) is 1. The van der Waals surface area contributed by atoms with Crippen LogP contribution in [0.4, 0.5) is 0 Å². The molecule has 2 fully saturated rings. The van der Waals surface area contributed by atoms with Gasteiger partial charge in [-0.3, -0.25) is 9.59 Å². The number of nitrogens with zero attached hydrogens (tertiary/aromatic N) is 4. The van der Waals surface area contributed by atoms with Gasteiger partial charge in [0.2, 0.25) is 5.91 Å². The zero-order valence-corrected chi connectivity index (χ0v) is 18.6. The summed E-state index contributed by atoms with van der Waals surface area (Å²) in [5.41, 5.74) is 3.02. The topological polar surface area (TPSA) is 66.4 Å². The van der Waals surface area contributed by atoms with E-state index in [0.717, 1.165) is 32.1 Å². The van der Waals surface area contributed by atoms with Crippen molar-refractivity contribution in [3.05, 3.63) is 46.5 Å². The molecule has 2 aromatic rings. The van der Waals surface area contributed by atoms with E-state index in [1.807, 2.05) is 16.8 Å². The van der Waals surface area contributed by atoms with Gasteiger partial charge in [0.25, 0.3) is 5.91 Å². The van der Waals surface area contributed by atoms with Gasteiger partial charge in [-0.25, -0.2) is 0 Å². The first-order valence-electron chi connectivity index (χ1n) is 10.9. The van der Waals surface area contributed by atoms with Crippen molar-refractivity contribution in [2.45, 2.75) is 51.5 Å². The van der Waals surface area contributed by atoms with Crippen LogP contribution in [0.3, 0.4) is 0 Å². The van der Waals surface area contributed by atoms with Gasteiger partial charge in [-0.05, 0) is 67.6 Å². The summed E-state index contributed by atoms with van der Waals surface area (Å²) in [6.07, 6.45) is 5.89. The molecular weight excluding hydrogens is 396 g/mol. The number of hydrogen-bond acceptors (Lipinski definition) is 5. The number of hydrogen-bond donors (Lipinski definition) is 0. The second-order valence-electron chi connectivity index (χ2n) is 8.69. The molecule has 1 aromatic heterocycles. The lowest BCUT2D eigenvalue weighted by Gasteiger charge is -2.42. The summed E-state index contributed by atoms with van der Waals surface area (Å²) in [6.45, 7) is 3.55. The van der Waals surface area contributed by atoms with E-state index in [2.05, 4.69) is 40.8 Å². The van der Waals surface area contributed by atoms with Gasteiger partial charge in [-0.1, -0.05) is 35.2 Å². The normalized spacial score (nSPS) is 18.7. The van der Waals surface area contributed by atoms with Crippen molar-refractivity contribution < 1.29 is 9.59 Å². The summed E-state index contributed by atoms with van der Waals surface area (Å²) in [5, 5.41) is 5.63. The molecule has 1 aliphatic heterocycles. The molecule has 160 valence electrons. The van der Waals surface area contributed by atoms with E-state index >= 15 is 0 Å². The molecule has 2 amide bonds. The summed E-state index contributed by atoms with van der Waals surface area (Å²) in [6, 6.07) is 8.63. The van der Waals surface area contributed by atoms with Crippen molar-refractivity contribution >= 4 is 23.3 Å². The van der Waals surface area contributed by atoms with Gasteiger partial charge in [0.1, 0.15) is 0 Å².